The van der Waals surface area contributed by atoms with Crippen molar-refractivity contribution in [3.05, 3.63) is 122 Å². The molecule has 5 aliphatic rings. The molecule has 2 nitrogen and oxygen atoms in total. The highest BCUT2D eigenvalue weighted by Gasteiger charge is 2.48. The lowest BCUT2D eigenvalue weighted by molar-refractivity contribution is 0.332. The van der Waals surface area contributed by atoms with Gasteiger partial charge in [0.1, 0.15) is 0 Å². The average molecular weight is 898 g/mol. The van der Waals surface area contributed by atoms with Crippen LogP contribution in [0.15, 0.2) is 72.8 Å². The van der Waals surface area contributed by atoms with Gasteiger partial charge in [0.05, 0.1) is 5.69 Å². The number of anilines is 6. The van der Waals surface area contributed by atoms with E-state index in [1.54, 1.807) is 0 Å². The molecular formula is C60H70BClN2S. The minimum atomic E-state index is 0.0488. The summed E-state index contributed by atoms with van der Waals surface area (Å²) in [6.45, 7) is 36.6. The van der Waals surface area contributed by atoms with Crippen molar-refractivity contribution in [3.8, 4) is 0 Å². The number of nitrogens with zero attached hydrogens (tertiary/aromatic N) is 2. The van der Waals surface area contributed by atoms with Crippen molar-refractivity contribution in [1.82, 2.24) is 0 Å². The first-order valence-electron chi connectivity index (χ1n) is 24.8. The second kappa shape index (κ2) is 13.8. The van der Waals surface area contributed by atoms with Crippen molar-refractivity contribution in [1.29, 1.82) is 0 Å². The normalized spacial score (nSPS) is 21.0. The number of fused-ring (bicyclic) bond motifs is 9. The predicted octanol–water partition coefficient (Wildman–Crippen LogP) is 16.1. The number of thiophene rings is 1. The number of halogens is 1. The molecule has 0 atom stereocenters. The van der Waals surface area contributed by atoms with Crippen LogP contribution in [0.3, 0.4) is 0 Å². The highest BCUT2D eigenvalue weighted by Crippen LogP contribution is 2.56. The van der Waals surface area contributed by atoms with Gasteiger partial charge in [-0.1, -0.05) is 133 Å². The highest BCUT2D eigenvalue weighted by molar-refractivity contribution is 7.33. The number of hydrogen-bond acceptors (Lipinski definition) is 3. The molecule has 0 N–H and O–H groups in total. The fourth-order valence-corrected chi connectivity index (χ4v) is 14.6. The lowest BCUT2D eigenvalue weighted by atomic mass is 9.36. The van der Waals surface area contributed by atoms with E-state index in [-0.39, 0.29) is 39.2 Å². The summed E-state index contributed by atoms with van der Waals surface area (Å²) in [7, 11) is 0. The summed E-state index contributed by atoms with van der Waals surface area (Å²) >= 11 is 9.66. The van der Waals surface area contributed by atoms with Crippen LogP contribution in [0.5, 0.6) is 0 Å². The largest absolute Gasteiger partial charge is 0.311 e. The summed E-state index contributed by atoms with van der Waals surface area (Å²) in [4.78, 5) is 5.30. The molecule has 3 heterocycles. The van der Waals surface area contributed by atoms with Crippen LogP contribution in [0.25, 0.3) is 10.1 Å². The molecule has 5 heteroatoms. The Morgan fingerprint density at radius 3 is 1.62 bits per heavy atom. The van der Waals surface area contributed by atoms with Gasteiger partial charge in [0.25, 0.3) is 6.71 Å². The third-order valence-electron chi connectivity index (χ3n) is 17.8. The molecule has 1 aromatic heterocycles. The second-order valence-corrected chi connectivity index (χ2v) is 26.9. The number of aryl methyl sites for hydroxylation is 1. The van der Waals surface area contributed by atoms with Gasteiger partial charge in [-0.3, -0.25) is 0 Å². The molecule has 5 aromatic carbocycles. The molecule has 0 amide bonds. The van der Waals surface area contributed by atoms with E-state index in [0.29, 0.717) is 5.92 Å². The van der Waals surface area contributed by atoms with Crippen LogP contribution in [0.2, 0.25) is 5.02 Å². The quantitative estimate of drug-likeness (QED) is 0.163. The zero-order valence-corrected chi connectivity index (χ0v) is 43.6. The van der Waals surface area contributed by atoms with Crippen LogP contribution >= 0.6 is 22.9 Å². The summed E-state index contributed by atoms with van der Waals surface area (Å²) in [5.74, 6) is 0.390. The average Bonchev–Trinajstić information content (AvgIpc) is 3.60. The Morgan fingerprint density at radius 2 is 1.03 bits per heavy atom. The third-order valence-corrected chi connectivity index (χ3v) is 19.2. The first-order valence-corrected chi connectivity index (χ1v) is 26.0. The molecule has 0 saturated heterocycles. The van der Waals surface area contributed by atoms with Crippen molar-refractivity contribution in [3.63, 3.8) is 0 Å². The molecule has 6 aromatic rings. The van der Waals surface area contributed by atoms with Crippen LogP contribution in [0, 0.1) is 6.92 Å². The van der Waals surface area contributed by atoms with Crippen molar-refractivity contribution in [2.45, 2.75) is 181 Å². The van der Waals surface area contributed by atoms with Crippen molar-refractivity contribution in [2.75, 3.05) is 9.80 Å². The van der Waals surface area contributed by atoms with Gasteiger partial charge in [-0.25, -0.2) is 0 Å². The summed E-state index contributed by atoms with van der Waals surface area (Å²) < 4.78 is 2.83. The van der Waals surface area contributed by atoms with E-state index in [1.807, 2.05) is 11.3 Å². The standard InChI is InChI=1S/C60H70BClN2S/c1-34(2)36-16-19-46-48(27-36)64(47-32-44-41(26-35(47)3)56(6,7)22-24-59(44,12)13)50-29-37(62)28-49-52(50)61(46)54-53(39-31-43-45(33-51(39)65-54)60(14,15)25-23-58(43,10)11)63(49)38-17-18-40-42(30-38)57(8,9)21-20-55(40,4)5/h16-19,26-34H,20-25H2,1-15H3. The minimum absolute atomic E-state index is 0.0488. The summed E-state index contributed by atoms with van der Waals surface area (Å²) in [6, 6.07) is 29.9. The number of rotatable bonds is 3. The maximum Gasteiger partial charge on any atom is 0.264 e. The van der Waals surface area contributed by atoms with E-state index in [2.05, 4.69) is 186 Å². The van der Waals surface area contributed by atoms with Crippen molar-refractivity contribution < 1.29 is 0 Å². The molecular weight excluding hydrogens is 827 g/mol. The maximum atomic E-state index is 7.61. The van der Waals surface area contributed by atoms with Crippen LogP contribution in [0.4, 0.5) is 34.1 Å². The number of benzene rings is 5. The topological polar surface area (TPSA) is 6.48 Å². The summed E-state index contributed by atoms with van der Waals surface area (Å²) in [5.41, 5.74) is 22.5. The van der Waals surface area contributed by atoms with E-state index in [9.17, 15) is 0 Å². The van der Waals surface area contributed by atoms with Crippen molar-refractivity contribution in [2.24, 2.45) is 0 Å². The van der Waals surface area contributed by atoms with Crippen LogP contribution in [-0.4, -0.2) is 6.71 Å². The van der Waals surface area contributed by atoms with Gasteiger partial charge in [0.15, 0.2) is 0 Å². The Morgan fingerprint density at radius 1 is 0.523 bits per heavy atom. The van der Waals surface area contributed by atoms with Gasteiger partial charge in [-0.05, 0) is 188 Å². The molecule has 11 rings (SSSR count). The molecule has 65 heavy (non-hydrogen) atoms. The molecule has 0 spiro atoms. The van der Waals surface area contributed by atoms with E-state index < -0.39 is 0 Å². The van der Waals surface area contributed by atoms with E-state index in [1.165, 1.54) is 143 Å². The Hall–Kier alpha value is -3.99. The van der Waals surface area contributed by atoms with Gasteiger partial charge in [0, 0.05) is 48.3 Å². The molecule has 0 fully saturated rings. The highest BCUT2D eigenvalue weighted by atomic mass is 35.5. The summed E-state index contributed by atoms with van der Waals surface area (Å²) in [5, 5.41) is 2.15. The Labute approximate surface area is 400 Å². The molecule has 0 unspecified atom stereocenters. The molecule has 3 aliphatic carbocycles. The lowest BCUT2D eigenvalue weighted by Gasteiger charge is -2.46. The maximum absolute atomic E-state index is 7.61. The third kappa shape index (κ3) is 6.30. The minimum Gasteiger partial charge on any atom is -0.311 e. The van der Waals surface area contributed by atoms with E-state index in [0.717, 1.165) is 5.02 Å². The number of hydrogen-bond donors (Lipinski definition) is 0. The molecule has 0 saturated carbocycles. The molecule has 336 valence electrons. The van der Waals surface area contributed by atoms with E-state index >= 15 is 0 Å². The zero-order chi connectivity index (χ0) is 46.3. The van der Waals surface area contributed by atoms with Crippen LogP contribution in [-0.2, 0) is 32.5 Å². The smallest absolute Gasteiger partial charge is 0.264 e. The van der Waals surface area contributed by atoms with Gasteiger partial charge in [0.2, 0.25) is 0 Å². The fraction of sp³-hybridized carbons (Fsp3) is 0.467. The first kappa shape index (κ1) is 43.6. The fourth-order valence-electron chi connectivity index (χ4n) is 13.1. The van der Waals surface area contributed by atoms with Gasteiger partial charge < -0.3 is 9.80 Å². The van der Waals surface area contributed by atoms with Gasteiger partial charge >= 0.3 is 0 Å². The first-order chi connectivity index (χ1) is 30.3. The van der Waals surface area contributed by atoms with Crippen molar-refractivity contribution >= 4 is 89.6 Å². The van der Waals surface area contributed by atoms with Crippen LogP contribution in [0.1, 0.15) is 186 Å². The Bertz CT molecular complexity index is 3030. The Balaban J connectivity index is 1.26. The second-order valence-electron chi connectivity index (χ2n) is 25.4. The monoisotopic (exact) mass is 897 g/mol. The zero-order valence-electron chi connectivity index (χ0n) is 42.0. The molecule has 2 aliphatic heterocycles. The summed E-state index contributed by atoms with van der Waals surface area (Å²) in [6.07, 6.45) is 7.13. The molecule has 0 bridgehead atoms. The van der Waals surface area contributed by atoms with Gasteiger partial charge in [-0.2, -0.15) is 0 Å². The SMILES string of the molecule is Cc1cc2c(cc1N1c3cc(C(C)C)ccc3B3c4sc5cc6c(cc5c4N(c4ccc5c(c4)C(C)(C)CCC5(C)C)c4cc(Cl)cc1c43)C(C)(C)CCC6(C)C)C(C)(C)CCC2(C)C. The van der Waals surface area contributed by atoms with Gasteiger partial charge in [-0.15, -0.1) is 11.3 Å². The molecule has 0 radical (unpaired) electrons. The lowest BCUT2D eigenvalue weighted by Crippen LogP contribution is -2.60. The van der Waals surface area contributed by atoms with Crippen LogP contribution < -0.4 is 25.5 Å². The van der Waals surface area contributed by atoms with E-state index in [4.69, 9.17) is 11.6 Å². The predicted molar refractivity (Wildman–Crippen MR) is 286 cm³/mol. The Kier molecular flexibility index (Phi) is 9.26.